The Morgan fingerprint density at radius 3 is 2.55 bits per heavy atom. The van der Waals surface area contributed by atoms with Crippen LogP contribution in [0, 0.1) is 12.3 Å². The number of hydrogen-bond donors (Lipinski definition) is 0. The third-order valence-corrected chi connectivity index (χ3v) is 5.32. The summed E-state index contributed by atoms with van der Waals surface area (Å²) in [5.41, 5.74) is 2.01. The molecule has 2 aliphatic rings. The molecule has 0 bridgehead atoms. The van der Waals surface area contributed by atoms with E-state index in [-0.39, 0.29) is 5.91 Å². The maximum absolute atomic E-state index is 12.6. The molecule has 3 heterocycles. The van der Waals surface area contributed by atoms with E-state index in [2.05, 4.69) is 18.9 Å². The van der Waals surface area contributed by atoms with Crippen molar-refractivity contribution in [2.24, 2.45) is 5.41 Å². The average Bonchev–Trinajstić information content (AvgIpc) is 2.88. The second kappa shape index (κ2) is 6.03. The fourth-order valence-corrected chi connectivity index (χ4v) is 3.79. The molecule has 0 aromatic carbocycles. The Hall–Kier alpha value is -1.36. The molecule has 5 nitrogen and oxygen atoms in total. The van der Waals surface area contributed by atoms with Crippen molar-refractivity contribution in [3.63, 3.8) is 0 Å². The molecule has 0 saturated carbocycles. The van der Waals surface area contributed by atoms with Crippen molar-refractivity contribution < 1.29 is 9.53 Å². The van der Waals surface area contributed by atoms with Gasteiger partial charge in [0.2, 0.25) is 0 Å². The van der Waals surface area contributed by atoms with E-state index in [1.54, 1.807) is 0 Å². The third-order valence-electron chi connectivity index (χ3n) is 5.32. The first-order valence-electron chi connectivity index (χ1n) is 8.52. The second-order valence-corrected chi connectivity index (χ2v) is 6.86. The van der Waals surface area contributed by atoms with Gasteiger partial charge >= 0.3 is 0 Å². The van der Waals surface area contributed by atoms with E-state index >= 15 is 0 Å². The number of nitrogens with zero attached hydrogens (tertiary/aromatic N) is 3. The van der Waals surface area contributed by atoms with Crippen molar-refractivity contribution in [1.29, 1.82) is 0 Å². The standard InChI is InChI=1S/C17H27N3O2/c1-4-14(5-2)20-13(3)10-15(18-20)16(21)19-11-17(12-19)6-8-22-9-7-17/h10,14H,4-9,11-12H2,1-3H3. The molecule has 0 unspecified atom stereocenters. The zero-order chi connectivity index (χ0) is 15.7. The minimum absolute atomic E-state index is 0.0879. The maximum Gasteiger partial charge on any atom is 0.274 e. The van der Waals surface area contributed by atoms with Gasteiger partial charge < -0.3 is 9.64 Å². The zero-order valence-electron chi connectivity index (χ0n) is 14.0. The summed E-state index contributed by atoms with van der Waals surface area (Å²) in [6.45, 7) is 9.79. The quantitative estimate of drug-likeness (QED) is 0.859. The maximum atomic E-state index is 12.6. The summed E-state index contributed by atoms with van der Waals surface area (Å²) in [5.74, 6) is 0.0879. The molecule has 2 fully saturated rings. The molecule has 5 heteroatoms. The molecule has 22 heavy (non-hydrogen) atoms. The van der Waals surface area contributed by atoms with Crippen LogP contribution < -0.4 is 0 Å². The molecule has 1 aromatic rings. The van der Waals surface area contributed by atoms with Crippen LogP contribution in [0.4, 0.5) is 0 Å². The lowest BCUT2D eigenvalue weighted by molar-refractivity contribution is -0.0668. The Balaban J connectivity index is 1.67. The summed E-state index contributed by atoms with van der Waals surface area (Å²) >= 11 is 0. The van der Waals surface area contributed by atoms with Gasteiger partial charge in [0.05, 0.1) is 6.04 Å². The van der Waals surface area contributed by atoms with Gasteiger partial charge in [0.25, 0.3) is 5.91 Å². The van der Waals surface area contributed by atoms with E-state index in [1.807, 2.05) is 22.6 Å². The first-order chi connectivity index (χ1) is 10.6. The zero-order valence-corrected chi connectivity index (χ0v) is 14.0. The van der Waals surface area contributed by atoms with Gasteiger partial charge in [-0.05, 0) is 38.7 Å². The Morgan fingerprint density at radius 2 is 1.95 bits per heavy atom. The van der Waals surface area contributed by atoms with Gasteiger partial charge in [0.1, 0.15) is 0 Å². The van der Waals surface area contributed by atoms with Crippen LogP contribution in [-0.2, 0) is 4.74 Å². The van der Waals surface area contributed by atoms with E-state index in [4.69, 9.17) is 4.74 Å². The summed E-state index contributed by atoms with van der Waals surface area (Å²) in [4.78, 5) is 14.6. The molecule has 1 aromatic heterocycles. The molecule has 0 N–H and O–H groups in total. The molecular formula is C17H27N3O2. The highest BCUT2D eigenvalue weighted by Crippen LogP contribution is 2.40. The summed E-state index contributed by atoms with van der Waals surface area (Å²) < 4.78 is 7.46. The number of aryl methyl sites for hydroxylation is 1. The van der Waals surface area contributed by atoms with E-state index in [1.165, 1.54) is 0 Å². The SMILES string of the molecule is CCC(CC)n1nc(C(=O)N2CC3(CCOCC3)C2)cc1C. The predicted octanol–water partition coefficient (Wildman–Crippen LogP) is 2.81. The smallest absolute Gasteiger partial charge is 0.274 e. The van der Waals surface area contributed by atoms with Crippen LogP contribution in [0.25, 0.3) is 0 Å². The summed E-state index contributed by atoms with van der Waals surface area (Å²) in [6, 6.07) is 2.33. The topological polar surface area (TPSA) is 47.4 Å². The predicted molar refractivity (Wildman–Crippen MR) is 85.0 cm³/mol. The van der Waals surface area contributed by atoms with E-state index in [0.29, 0.717) is 17.2 Å². The molecule has 0 atom stereocenters. The molecule has 122 valence electrons. The van der Waals surface area contributed by atoms with Gasteiger partial charge in [-0.2, -0.15) is 5.10 Å². The molecule has 3 rings (SSSR count). The van der Waals surface area contributed by atoms with Crippen molar-refractivity contribution in [2.45, 2.75) is 52.5 Å². The number of carbonyl (C=O) groups excluding carboxylic acids is 1. The van der Waals surface area contributed by atoms with Gasteiger partial charge in [-0.1, -0.05) is 13.8 Å². The minimum Gasteiger partial charge on any atom is -0.381 e. The van der Waals surface area contributed by atoms with Crippen LogP contribution in [0.2, 0.25) is 0 Å². The lowest BCUT2D eigenvalue weighted by Crippen LogP contribution is -2.60. The fraction of sp³-hybridized carbons (Fsp3) is 0.765. The number of likely N-dealkylation sites (tertiary alicyclic amines) is 1. The van der Waals surface area contributed by atoms with E-state index in [9.17, 15) is 4.79 Å². The average molecular weight is 305 g/mol. The van der Waals surface area contributed by atoms with Crippen molar-refractivity contribution in [2.75, 3.05) is 26.3 Å². The number of aromatic nitrogens is 2. The number of rotatable bonds is 4. The van der Waals surface area contributed by atoms with Crippen molar-refractivity contribution in [3.8, 4) is 0 Å². The second-order valence-electron chi connectivity index (χ2n) is 6.86. The summed E-state index contributed by atoms with van der Waals surface area (Å²) in [6.07, 6.45) is 4.24. The summed E-state index contributed by atoms with van der Waals surface area (Å²) in [7, 11) is 0. The molecule has 2 saturated heterocycles. The number of ether oxygens (including phenoxy) is 1. The largest absolute Gasteiger partial charge is 0.381 e. The molecule has 1 amide bonds. The van der Waals surface area contributed by atoms with Crippen LogP contribution in [0.3, 0.4) is 0 Å². The molecule has 0 radical (unpaired) electrons. The van der Waals surface area contributed by atoms with Crippen molar-refractivity contribution >= 4 is 5.91 Å². The van der Waals surface area contributed by atoms with Crippen molar-refractivity contribution in [1.82, 2.24) is 14.7 Å². The molecular weight excluding hydrogens is 278 g/mol. The van der Waals surface area contributed by atoms with Crippen LogP contribution in [0.15, 0.2) is 6.07 Å². The van der Waals surface area contributed by atoms with E-state index in [0.717, 1.165) is 57.7 Å². The van der Waals surface area contributed by atoms with Gasteiger partial charge in [0.15, 0.2) is 5.69 Å². The monoisotopic (exact) mass is 305 g/mol. The van der Waals surface area contributed by atoms with Gasteiger partial charge in [0, 0.05) is 37.4 Å². The Labute approximate surface area is 132 Å². The van der Waals surface area contributed by atoms with Crippen molar-refractivity contribution in [3.05, 3.63) is 17.5 Å². The van der Waals surface area contributed by atoms with Gasteiger partial charge in [-0.3, -0.25) is 9.48 Å². The third kappa shape index (κ3) is 2.67. The molecule has 1 spiro atoms. The minimum atomic E-state index is 0.0879. The van der Waals surface area contributed by atoms with Gasteiger partial charge in [-0.25, -0.2) is 0 Å². The lowest BCUT2D eigenvalue weighted by atomic mass is 9.73. The number of carbonyl (C=O) groups is 1. The summed E-state index contributed by atoms with van der Waals surface area (Å²) in [5, 5.41) is 4.59. The Kier molecular flexibility index (Phi) is 4.26. The first kappa shape index (κ1) is 15.5. The normalized spacial score (nSPS) is 20.5. The number of hydrogen-bond acceptors (Lipinski definition) is 3. The molecule has 2 aliphatic heterocycles. The Morgan fingerprint density at radius 1 is 1.32 bits per heavy atom. The highest BCUT2D eigenvalue weighted by molar-refractivity contribution is 5.93. The van der Waals surface area contributed by atoms with Crippen LogP contribution in [-0.4, -0.2) is 46.9 Å². The van der Waals surface area contributed by atoms with E-state index < -0.39 is 0 Å². The van der Waals surface area contributed by atoms with Crippen LogP contribution in [0.5, 0.6) is 0 Å². The number of amides is 1. The first-order valence-corrected chi connectivity index (χ1v) is 8.52. The fourth-order valence-electron chi connectivity index (χ4n) is 3.79. The lowest BCUT2D eigenvalue weighted by Gasteiger charge is -2.51. The highest BCUT2D eigenvalue weighted by atomic mass is 16.5. The van der Waals surface area contributed by atoms with Crippen LogP contribution >= 0.6 is 0 Å². The van der Waals surface area contributed by atoms with Crippen LogP contribution in [0.1, 0.15) is 61.8 Å². The van der Waals surface area contributed by atoms with Gasteiger partial charge in [-0.15, -0.1) is 0 Å². The highest BCUT2D eigenvalue weighted by Gasteiger charge is 2.46. The Bertz CT molecular complexity index is 534. The molecule has 0 aliphatic carbocycles.